The van der Waals surface area contributed by atoms with Crippen molar-refractivity contribution < 1.29 is 19.5 Å². The highest BCUT2D eigenvalue weighted by Crippen LogP contribution is 2.34. The van der Waals surface area contributed by atoms with Crippen molar-refractivity contribution in [3.05, 3.63) is 0 Å². The van der Waals surface area contributed by atoms with Crippen LogP contribution in [0.2, 0.25) is 0 Å². The van der Waals surface area contributed by atoms with Crippen molar-refractivity contribution in [1.82, 2.24) is 15.1 Å². The summed E-state index contributed by atoms with van der Waals surface area (Å²) < 4.78 is 5.35. The van der Waals surface area contributed by atoms with E-state index in [-0.39, 0.29) is 5.71 Å². The molecule has 1 spiro atoms. The van der Waals surface area contributed by atoms with Gasteiger partial charge in [0.15, 0.2) is 10.8 Å². The van der Waals surface area contributed by atoms with Crippen LogP contribution in [0.15, 0.2) is 5.16 Å². The van der Waals surface area contributed by atoms with Gasteiger partial charge in [0.2, 0.25) is 0 Å². The molecule has 140 valence electrons. The Morgan fingerprint density at radius 1 is 1.28 bits per heavy atom. The van der Waals surface area contributed by atoms with E-state index >= 15 is 0 Å². The van der Waals surface area contributed by atoms with Crippen molar-refractivity contribution in [2.45, 2.75) is 31.3 Å². The lowest BCUT2D eigenvalue weighted by Gasteiger charge is -2.38. The number of ether oxygens (including phenoxy) is 1. The molecule has 0 aromatic carbocycles. The summed E-state index contributed by atoms with van der Waals surface area (Å²) >= 11 is 5.49. The zero-order chi connectivity index (χ0) is 17.7. The van der Waals surface area contributed by atoms with Crippen LogP contribution >= 0.6 is 12.2 Å². The van der Waals surface area contributed by atoms with Gasteiger partial charge in [0.05, 0.1) is 13.2 Å². The van der Waals surface area contributed by atoms with Crippen LogP contribution in [-0.4, -0.2) is 89.8 Å². The number of oxime groups is 1. The highest BCUT2D eigenvalue weighted by molar-refractivity contribution is 7.80. The Balaban J connectivity index is 1.32. The zero-order valence-electron chi connectivity index (χ0n) is 14.4. The molecule has 2 saturated heterocycles. The second kappa shape index (κ2) is 8.29. The number of thiocarbonyl (C=S) groups is 1. The number of nitrogens with one attached hydrogen (secondary N) is 1. The highest BCUT2D eigenvalue weighted by atomic mass is 32.1. The molecule has 2 fully saturated rings. The van der Waals surface area contributed by atoms with Crippen molar-refractivity contribution in [3.8, 4) is 0 Å². The van der Waals surface area contributed by atoms with Crippen molar-refractivity contribution in [1.29, 1.82) is 0 Å². The number of carbonyl (C=O) groups is 1. The van der Waals surface area contributed by atoms with Gasteiger partial charge < -0.3 is 24.9 Å². The number of morpholine rings is 1. The van der Waals surface area contributed by atoms with Gasteiger partial charge >= 0.3 is 5.97 Å². The number of rotatable bonds is 5. The number of carboxylic acid groups (broad SMARTS) is 1. The minimum atomic E-state index is -0.989. The fourth-order valence-electron chi connectivity index (χ4n) is 3.46. The average molecular weight is 370 g/mol. The third-order valence-electron chi connectivity index (χ3n) is 5.08. The van der Waals surface area contributed by atoms with Crippen LogP contribution in [0, 0.1) is 0 Å². The summed E-state index contributed by atoms with van der Waals surface area (Å²) in [4.78, 5) is 21.0. The molecule has 0 atom stereocenters. The Morgan fingerprint density at radius 2 is 2.00 bits per heavy atom. The van der Waals surface area contributed by atoms with Crippen LogP contribution in [0.1, 0.15) is 25.7 Å². The van der Waals surface area contributed by atoms with E-state index in [0.717, 1.165) is 76.9 Å². The molecule has 9 heteroatoms. The minimum Gasteiger partial charge on any atom is -0.477 e. The number of hydrogen-bond donors (Lipinski definition) is 2. The lowest BCUT2D eigenvalue weighted by atomic mass is 9.87. The summed E-state index contributed by atoms with van der Waals surface area (Å²) in [5.41, 5.74) is -0.326. The number of hydrogen-bond acceptors (Lipinski definition) is 6. The standard InChI is InChI=1S/C16H26N4O4S/c21-14(22)13-12-16(24-18-13)2-6-20(7-3-16)15(25)17-4-1-5-19-8-10-23-11-9-19/h1-12H2,(H,17,25)(H,21,22). The molecule has 0 saturated carbocycles. The van der Waals surface area contributed by atoms with E-state index in [9.17, 15) is 4.79 Å². The van der Waals surface area contributed by atoms with Gasteiger partial charge in [0, 0.05) is 52.0 Å². The number of aliphatic carboxylic acids is 1. The first-order valence-corrected chi connectivity index (χ1v) is 9.30. The molecule has 0 unspecified atom stereocenters. The second-order valence-corrected chi connectivity index (χ2v) is 7.21. The lowest BCUT2D eigenvalue weighted by molar-refractivity contribution is -0.129. The molecule has 3 heterocycles. The quantitative estimate of drug-likeness (QED) is 0.527. The molecule has 0 aromatic heterocycles. The number of likely N-dealkylation sites (tertiary alicyclic amines) is 1. The highest BCUT2D eigenvalue weighted by Gasteiger charge is 2.44. The number of nitrogens with zero attached hydrogens (tertiary/aromatic N) is 3. The van der Waals surface area contributed by atoms with Crippen LogP contribution < -0.4 is 5.32 Å². The monoisotopic (exact) mass is 370 g/mol. The molecule has 0 radical (unpaired) electrons. The first-order valence-electron chi connectivity index (χ1n) is 8.89. The molecule has 3 rings (SSSR count). The summed E-state index contributed by atoms with van der Waals surface area (Å²) in [5.74, 6) is -0.989. The van der Waals surface area contributed by atoms with Gasteiger partial charge in [-0.2, -0.15) is 0 Å². The molecule has 25 heavy (non-hydrogen) atoms. The van der Waals surface area contributed by atoms with E-state index in [2.05, 4.69) is 20.3 Å². The smallest absolute Gasteiger partial charge is 0.353 e. The van der Waals surface area contributed by atoms with Gasteiger partial charge in [-0.1, -0.05) is 5.16 Å². The summed E-state index contributed by atoms with van der Waals surface area (Å²) in [7, 11) is 0. The summed E-state index contributed by atoms with van der Waals surface area (Å²) in [6.45, 7) is 7.13. The van der Waals surface area contributed by atoms with Crippen molar-refractivity contribution in [2.24, 2.45) is 5.16 Å². The van der Waals surface area contributed by atoms with Crippen molar-refractivity contribution in [3.63, 3.8) is 0 Å². The van der Waals surface area contributed by atoms with E-state index < -0.39 is 11.6 Å². The SMILES string of the molecule is O=C(O)C1=NOC2(CCN(C(=S)NCCCN3CCOCC3)CC2)C1. The van der Waals surface area contributed by atoms with Gasteiger partial charge in [-0.25, -0.2) is 4.79 Å². The molecule has 0 aliphatic carbocycles. The van der Waals surface area contributed by atoms with Gasteiger partial charge in [-0.3, -0.25) is 4.90 Å². The largest absolute Gasteiger partial charge is 0.477 e. The van der Waals surface area contributed by atoms with Gasteiger partial charge in [-0.15, -0.1) is 0 Å². The predicted molar refractivity (Wildman–Crippen MR) is 96.8 cm³/mol. The number of carboxylic acids is 1. The first-order chi connectivity index (χ1) is 12.1. The summed E-state index contributed by atoms with van der Waals surface area (Å²) in [6.07, 6.45) is 2.92. The predicted octanol–water partition coefficient (Wildman–Crippen LogP) is 0.279. The van der Waals surface area contributed by atoms with Crippen LogP contribution in [0.4, 0.5) is 0 Å². The van der Waals surface area contributed by atoms with Gasteiger partial charge in [-0.05, 0) is 25.2 Å². The molecular weight excluding hydrogens is 344 g/mol. The Bertz CT molecular complexity index is 528. The molecule has 0 bridgehead atoms. The van der Waals surface area contributed by atoms with E-state index in [4.69, 9.17) is 26.9 Å². The van der Waals surface area contributed by atoms with E-state index in [0.29, 0.717) is 6.42 Å². The topological polar surface area (TPSA) is 86.6 Å². The second-order valence-electron chi connectivity index (χ2n) is 6.82. The van der Waals surface area contributed by atoms with Gasteiger partial charge in [0.25, 0.3) is 0 Å². The molecule has 0 amide bonds. The third-order valence-corrected chi connectivity index (χ3v) is 5.48. The van der Waals surface area contributed by atoms with Crippen LogP contribution in [0.5, 0.6) is 0 Å². The summed E-state index contributed by atoms with van der Waals surface area (Å²) in [5, 5.41) is 16.8. The van der Waals surface area contributed by atoms with Crippen LogP contribution in [0.25, 0.3) is 0 Å². The molecule has 0 aromatic rings. The lowest BCUT2D eigenvalue weighted by Crippen LogP contribution is -2.50. The maximum Gasteiger partial charge on any atom is 0.353 e. The molecule has 3 aliphatic heterocycles. The van der Waals surface area contributed by atoms with E-state index in [1.165, 1.54) is 0 Å². The maximum atomic E-state index is 11.0. The minimum absolute atomic E-state index is 0.122. The molecule has 8 nitrogen and oxygen atoms in total. The normalized spacial score (nSPS) is 23.2. The fraction of sp³-hybridized carbons (Fsp3) is 0.812. The number of piperidine rings is 1. The fourth-order valence-corrected chi connectivity index (χ4v) is 3.74. The van der Waals surface area contributed by atoms with Gasteiger partial charge in [0.1, 0.15) is 5.60 Å². The third kappa shape index (κ3) is 4.80. The Hall–Kier alpha value is -1.45. The Kier molecular flexibility index (Phi) is 6.08. The first kappa shape index (κ1) is 18.3. The maximum absolute atomic E-state index is 11.0. The molecular formula is C16H26N4O4S. The summed E-state index contributed by atoms with van der Waals surface area (Å²) in [6, 6.07) is 0. The molecule has 2 N–H and O–H groups in total. The van der Waals surface area contributed by atoms with Crippen molar-refractivity contribution in [2.75, 3.05) is 52.5 Å². The van der Waals surface area contributed by atoms with Crippen LogP contribution in [-0.2, 0) is 14.4 Å². The molecule has 3 aliphatic rings. The van der Waals surface area contributed by atoms with E-state index in [1.54, 1.807) is 0 Å². The zero-order valence-corrected chi connectivity index (χ0v) is 15.2. The van der Waals surface area contributed by atoms with Crippen LogP contribution in [0.3, 0.4) is 0 Å². The Labute approximate surface area is 153 Å². The van der Waals surface area contributed by atoms with E-state index in [1.807, 2.05) is 0 Å². The average Bonchev–Trinajstić information content (AvgIpc) is 3.04. The van der Waals surface area contributed by atoms with Crippen molar-refractivity contribution >= 4 is 29.0 Å². The Morgan fingerprint density at radius 3 is 2.64 bits per heavy atom.